The van der Waals surface area contributed by atoms with Gasteiger partial charge in [0.05, 0.1) is 0 Å². The molecule has 1 aromatic carbocycles. The Bertz CT molecular complexity index is 437. The van der Waals surface area contributed by atoms with Crippen LogP contribution >= 0.6 is 0 Å². The van der Waals surface area contributed by atoms with Crippen molar-refractivity contribution in [2.24, 2.45) is 0 Å². The van der Waals surface area contributed by atoms with Crippen molar-refractivity contribution in [3.63, 3.8) is 0 Å². The van der Waals surface area contributed by atoms with Crippen LogP contribution in [0.4, 0.5) is 0 Å². The molecular formula is C11H11NO. The van der Waals surface area contributed by atoms with E-state index in [2.05, 4.69) is 0 Å². The Balaban J connectivity index is 2.79. The Labute approximate surface area is 77.0 Å². The molecule has 13 heavy (non-hydrogen) atoms. The summed E-state index contributed by atoms with van der Waals surface area (Å²) in [4.78, 5) is 0. The summed E-state index contributed by atoms with van der Waals surface area (Å²) in [6.45, 7) is 1.98. The van der Waals surface area contributed by atoms with Gasteiger partial charge in [-0.3, -0.25) is 0 Å². The summed E-state index contributed by atoms with van der Waals surface area (Å²) < 4.78 is 1.01. The van der Waals surface area contributed by atoms with Crippen molar-refractivity contribution in [2.75, 3.05) is 0 Å². The van der Waals surface area contributed by atoms with Gasteiger partial charge in [-0.05, 0) is 12.1 Å². The molecule has 2 aromatic rings. The Kier molecular flexibility index (Phi) is 1.89. The van der Waals surface area contributed by atoms with Crippen molar-refractivity contribution in [2.45, 2.75) is 13.3 Å². The summed E-state index contributed by atoms with van der Waals surface area (Å²) in [5.41, 5.74) is 1.57. The maximum atomic E-state index is 11.7. The molecule has 0 saturated carbocycles. The third kappa shape index (κ3) is 1.24. The van der Waals surface area contributed by atoms with E-state index < -0.39 is 0 Å². The number of aromatic nitrogens is 1. The fourth-order valence-corrected chi connectivity index (χ4v) is 1.48. The monoisotopic (exact) mass is 173 g/mol. The lowest BCUT2D eigenvalue weighted by Gasteiger charge is -2.04. The van der Waals surface area contributed by atoms with Crippen LogP contribution in [0.15, 0.2) is 36.4 Å². The normalized spacial score (nSPS) is 10.5. The van der Waals surface area contributed by atoms with Crippen molar-refractivity contribution >= 4 is 10.9 Å². The molecule has 0 atom stereocenters. The van der Waals surface area contributed by atoms with Crippen LogP contribution in [0, 0.1) is 5.21 Å². The van der Waals surface area contributed by atoms with Gasteiger partial charge in [0.25, 0.3) is 0 Å². The molecule has 0 aliphatic rings. The number of rotatable bonds is 1. The zero-order valence-corrected chi connectivity index (χ0v) is 7.53. The molecule has 0 fully saturated rings. The topological polar surface area (TPSA) is 26.9 Å². The maximum Gasteiger partial charge on any atom is 0.223 e. The Morgan fingerprint density at radius 1 is 1.15 bits per heavy atom. The molecule has 0 aliphatic carbocycles. The van der Waals surface area contributed by atoms with Gasteiger partial charge in [0, 0.05) is 23.9 Å². The van der Waals surface area contributed by atoms with Crippen LogP contribution in [0.3, 0.4) is 0 Å². The van der Waals surface area contributed by atoms with Gasteiger partial charge in [-0.2, -0.15) is 4.73 Å². The fraction of sp³-hybridized carbons (Fsp3) is 0.182. The average molecular weight is 173 g/mol. The minimum absolute atomic E-state index is 0.752. The molecule has 66 valence electrons. The van der Waals surface area contributed by atoms with E-state index in [4.69, 9.17) is 0 Å². The van der Waals surface area contributed by atoms with Crippen LogP contribution in [0.25, 0.3) is 10.9 Å². The molecule has 2 rings (SSSR count). The molecule has 0 unspecified atom stereocenters. The smallest absolute Gasteiger partial charge is 0.223 e. The van der Waals surface area contributed by atoms with Gasteiger partial charge in [-0.1, -0.05) is 19.1 Å². The summed E-state index contributed by atoms with van der Waals surface area (Å²) in [6.07, 6.45) is 0.772. The summed E-state index contributed by atoms with van der Waals surface area (Å²) in [6, 6.07) is 11.5. The molecule has 0 bridgehead atoms. The van der Waals surface area contributed by atoms with Gasteiger partial charge < -0.3 is 5.21 Å². The highest BCUT2D eigenvalue weighted by molar-refractivity contribution is 5.75. The van der Waals surface area contributed by atoms with E-state index in [1.165, 1.54) is 0 Å². The molecule has 0 radical (unpaired) electrons. The van der Waals surface area contributed by atoms with Crippen molar-refractivity contribution in [3.05, 3.63) is 47.3 Å². The van der Waals surface area contributed by atoms with Crippen LogP contribution in [-0.4, -0.2) is 0 Å². The number of fused-ring (bicyclic) bond motifs is 1. The zero-order valence-electron chi connectivity index (χ0n) is 7.53. The Morgan fingerprint density at radius 2 is 1.92 bits per heavy atom. The lowest BCUT2D eigenvalue weighted by Crippen LogP contribution is -2.32. The number of nitrogens with zero attached hydrogens (tertiary/aromatic N) is 1. The number of benzene rings is 1. The first-order valence-corrected chi connectivity index (χ1v) is 4.43. The van der Waals surface area contributed by atoms with Gasteiger partial charge in [0.15, 0.2) is 5.69 Å². The minimum atomic E-state index is 0.752. The van der Waals surface area contributed by atoms with Gasteiger partial charge in [-0.25, -0.2) is 0 Å². The van der Waals surface area contributed by atoms with E-state index in [1.54, 1.807) is 0 Å². The van der Waals surface area contributed by atoms with Crippen LogP contribution in [0.5, 0.6) is 0 Å². The SMILES string of the molecule is CCc1ccc2ccccc2[n+]1[O-]. The van der Waals surface area contributed by atoms with Crippen LogP contribution < -0.4 is 4.73 Å². The highest BCUT2D eigenvalue weighted by Gasteiger charge is 2.06. The molecule has 1 heterocycles. The van der Waals surface area contributed by atoms with Gasteiger partial charge in [0.2, 0.25) is 5.52 Å². The van der Waals surface area contributed by atoms with Gasteiger partial charge >= 0.3 is 0 Å². The molecule has 1 aromatic heterocycles. The molecule has 0 amide bonds. The second kappa shape index (κ2) is 3.05. The third-order valence-corrected chi connectivity index (χ3v) is 2.23. The lowest BCUT2D eigenvalue weighted by atomic mass is 10.2. The van der Waals surface area contributed by atoms with Gasteiger partial charge in [0.1, 0.15) is 0 Å². The highest BCUT2D eigenvalue weighted by atomic mass is 16.5. The number of hydrogen-bond acceptors (Lipinski definition) is 1. The second-order valence-electron chi connectivity index (χ2n) is 3.03. The molecule has 0 aliphatic heterocycles. The largest absolute Gasteiger partial charge is 0.618 e. The standard InChI is InChI=1S/C11H11NO/c1-2-10-8-7-9-5-3-4-6-11(9)12(10)13/h3-8H,2H2,1H3. The van der Waals surface area contributed by atoms with E-state index in [-0.39, 0.29) is 0 Å². The maximum absolute atomic E-state index is 11.7. The molecular weight excluding hydrogens is 162 g/mol. The highest BCUT2D eigenvalue weighted by Crippen LogP contribution is 2.09. The number of hydrogen-bond donors (Lipinski definition) is 0. The van der Waals surface area contributed by atoms with Gasteiger partial charge in [-0.15, -0.1) is 0 Å². The average Bonchev–Trinajstić information content (AvgIpc) is 2.19. The van der Waals surface area contributed by atoms with Crippen molar-refractivity contribution in [1.29, 1.82) is 0 Å². The van der Waals surface area contributed by atoms with E-state index in [9.17, 15) is 5.21 Å². The molecule has 0 N–H and O–H groups in total. The van der Waals surface area contributed by atoms with Crippen LogP contribution in [0.2, 0.25) is 0 Å². The second-order valence-corrected chi connectivity index (χ2v) is 3.03. The molecule has 0 spiro atoms. The first-order valence-electron chi connectivity index (χ1n) is 4.43. The van der Waals surface area contributed by atoms with Crippen molar-refractivity contribution < 1.29 is 4.73 Å². The molecule has 0 saturated heterocycles. The summed E-state index contributed by atoms with van der Waals surface area (Å²) in [5.74, 6) is 0. The fourth-order valence-electron chi connectivity index (χ4n) is 1.48. The molecule has 2 nitrogen and oxygen atoms in total. The van der Waals surface area contributed by atoms with E-state index in [0.29, 0.717) is 0 Å². The predicted octanol–water partition coefficient (Wildman–Crippen LogP) is 2.04. The third-order valence-electron chi connectivity index (χ3n) is 2.23. The van der Waals surface area contributed by atoms with Crippen molar-refractivity contribution in [1.82, 2.24) is 0 Å². The van der Waals surface area contributed by atoms with Crippen LogP contribution in [0.1, 0.15) is 12.6 Å². The zero-order chi connectivity index (χ0) is 9.26. The number of aryl methyl sites for hydroxylation is 1. The number of para-hydroxylation sites is 1. The minimum Gasteiger partial charge on any atom is -0.618 e. The van der Waals surface area contributed by atoms with E-state index >= 15 is 0 Å². The predicted molar refractivity (Wildman–Crippen MR) is 52.3 cm³/mol. The number of pyridine rings is 1. The van der Waals surface area contributed by atoms with E-state index in [1.807, 2.05) is 43.3 Å². The Morgan fingerprint density at radius 3 is 2.69 bits per heavy atom. The molecule has 2 heteroatoms. The summed E-state index contributed by atoms with van der Waals surface area (Å²) in [7, 11) is 0. The van der Waals surface area contributed by atoms with Crippen LogP contribution in [-0.2, 0) is 6.42 Å². The quantitative estimate of drug-likeness (QED) is 0.479. The first kappa shape index (κ1) is 8.05. The Hall–Kier alpha value is -1.57. The summed E-state index contributed by atoms with van der Waals surface area (Å²) in [5, 5.41) is 12.7. The lowest BCUT2D eigenvalue weighted by molar-refractivity contribution is -0.585. The van der Waals surface area contributed by atoms with Crippen molar-refractivity contribution in [3.8, 4) is 0 Å². The first-order chi connectivity index (χ1) is 6.33. The summed E-state index contributed by atoms with van der Waals surface area (Å²) >= 11 is 0. The van der Waals surface area contributed by atoms with E-state index in [0.717, 1.165) is 27.7 Å².